The van der Waals surface area contributed by atoms with Crippen LogP contribution in [0.2, 0.25) is 0 Å². The number of nitrogens with one attached hydrogen (secondary N) is 1. The molecule has 5 nitrogen and oxygen atoms in total. The van der Waals surface area contributed by atoms with E-state index in [4.69, 9.17) is 0 Å². The molecule has 0 bridgehead atoms. The number of hydrogen-bond acceptors (Lipinski definition) is 4. The first-order valence-electron chi connectivity index (χ1n) is 10.1. The molecule has 2 unspecified atom stereocenters. The molecule has 0 heterocycles. The summed E-state index contributed by atoms with van der Waals surface area (Å²) in [5, 5.41) is 14.6. The molecule has 2 N–H and O–H groups in total. The molecule has 5 atom stereocenters. The zero-order valence-electron chi connectivity index (χ0n) is 16.2. The highest BCUT2D eigenvalue weighted by molar-refractivity contribution is 7.89. The van der Waals surface area contributed by atoms with Gasteiger partial charge in [-0.25, -0.2) is 4.83 Å². The second-order valence-corrected chi connectivity index (χ2v) is 10.5. The number of sulfonamides is 1. The predicted molar refractivity (Wildman–Crippen MR) is 106 cm³/mol. The van der Waals surface area contributed by atoms with Gasteiger partial charge < -0.3 is 5.11 Å². The van der Waals surface area contributed by atoms with Crippen LogP contribution in [0.25, 0.3) is 0 Å². The minimum atomic E-state index is -3.64. The number of aliphatic hydroxyl groups excluding tert-OH is 1. The molecule has 0 aromatic heterocycles. The monoisotopic (exact) mass is 390 g/mol. The maximum absolute atomic E-state index is 12.5. The van der Waals surface area contributed by atoms with E-state index in [1.165, 1.54) is 6.42 Å². The molecular formula is C21H30N2O3S. The average molecular weight is 391 g/mol. The highest BCUT2D eigenvalue weighted by atomic mass is 32.2. The molecule has 148 valence electrons. The molecule has 0 aliphatic heterocycles. The van der Waals surface area contributed by atoms with Crippen molar-refractivity contribution in [3.8, 4) is 0 Å². The summed E-state index contributed by atoms with van der Waals surface area (Å²) in [5.74, 6) is 0.941. The van der Waals surface area contributed by atoms with Crippen molar-refractivity contribution < 1.29 is 13.5 Å². The van der Waals surface area contributed by atoms with E-state index in [0.717, 1.165) is 44.1 Å². The molecular weight excluding hydrogens is 360 g/mol. The van der Waals surface area contributed by atoms with Gasteiger partial charge in [-0.15, -0.1) is 0 Å². The minimum absolute atomic E-state index is 0.0401. The Morgan fingerprint density at radius 2 is 2.00 bits per heavy atom. The molecule has 27 heavy (non-hydrogen) atoms. The van der Waals surface area contributed by atoms with Crippen LogP contribution in [0.15, 0.2) is 34.3 Å². The third kappa shape index (κ3) is 2.92. The lowest BCUT2D eigenvalue weighted by molar-refractivity contribution is -0.139. The minimum Gasteiger partial charge on any atom is -0.393 e. The summed E-state index contributed by atoms with van der Waals surface area (Å²) in [7, 11) is -3.64. The van der Waals surface area contributed by atoms with Gasteiger partial charge in [-0.1, -0.05) is 31.0 Å². The smallest absolute Gasteiger partial charge is 0.276 e. The quantitative estimate of drug-likeness (QED) is 0.595. The molecule has 3 saturated carbocycles. The number of hydrogen-bond donors (Lipinski definition) is 2. The van der Waals surface area contributed by atoms with Crippen molar-refractivity contribution in [1.29, 1.82) is 0 Å². The Bertz CT molecular complexity index is 835. The van der Waals surface area contributed by atoms with E-state index in [2.05, 4.69) is 16.9 Å². The van der Waals surface area contributed by atoms with E-state index < -0.39 is 10.0 Å². The first-order chi connectivity index (χ1) is 12.8. The highest BCUT2D eigenvalue weighted by Crippen LogP contribution is 2.73. The number of benzene rings is 1. The second-order valence-electron chi connectivity index (χ2n) is 8.86. The number of nitrogens with zero attached hydrogens (tertiary/aromatic N) is 1. The molecule has 3 fully saturated rings. The molecule has 1 aromatic rings. The van der Waals surface area contributed by atoms with Gasteiger partial charge in [-0.3, -0.25) is 0 Å². The summed E-state index contributed by atoms with van der Waals surface area (Å²) in [6.07, 6.45) is 9.13. The van der Waals surface area contributed by atoms with Crippen LogP contribution in [0.4, 0.5) is 0 Å². The lowest BCUT2D eigenvalue weighted by Gasteiger charge is -2.63. The van der Waals surface area contributed by atoms with Gasteiger partial charge in [0, 0.05) is 11.6 Å². The second kappa shape index (κ2) is 6.59. The van der Waals surface area contributed by atoms with E-state index in [1.54, 1.807) is 24.3 Å². The molecule has 3 aliphatic carbocycles. The fraction of sp³-hybridized carbons (Fsp3) is 0.667. The van der Waals surface area contributed by atoms with Crippen LogP contribution in [0.1, 0.15) is 57.4 Å². The Kier molecular flexibility index (Phi) is 4.62. The molecule has 1 aromatic carbocycles. The van der Waals surface area contributed by atoms with Crippen molar-refractivity contribution in [1.82, 2.24) is 4.83 Å². The summed E-state index contributed by atoms with van der Waals surface area (Å²) in [6, 6.07) is 6.78. The van der Waals surface area contributed by atoms with Crippen molar-refractivity contribution >= 4 is 16.2 Å². The lowest BCUT2D eigenvalue weighted by Crippen LogP contribution is -2.59. The van der Waals surface area contributed by atoms with Crippen LogP contribution in [-0.2, 0) is 10.0 Å². The predicted octanol–water partition coefficient (Wildman–Crippen LogP) is 3.62. The van der Waals surface area contributed by atoms with Gasteiger partial charge >= 0.3 is 0 Å². The standard InChI is InChI=1S/C21H30N2O3S/c1-3-20(13-21-12-4-5-18(24)17(21)10-11-19(20)21)14-22-23-27(25,26)16-8-6-15(2)7-9-16/h6-9,14,17-19,23-24H,3-5,10-13H2,1-2H3/b22-14+/t17?,18-,19?,20-,21+/m0/s1. The number of hydrazone groups is 1. The normalized spacial score (nSPS) is 38.3. The molecule has 3 aliphatic rings. The SMILES string of the molecule is CC[C@@]1(/C=N/NS(=O)(=O)c2ccc(C)cc2)C[C@]23CCC[C@H](O)C2CCC13. The Morgan fingerprint density at radius 3 is 2.70 bits per heavy atom. The van der Waals surface area contributed by atoms with Crippen molar-refractivity contribution in [3.63, 3.8) is 0 Å². The first-order valence-corrected chi connectivity index (χ1v) is 11.6. The first kappa shape index (κ1) is 18.9. The Balaban J connectivity index is 1.49. The van der Waals surface area contributed by atoms with Crippen LogP contribution in [0.3, 0.4) is 0 Å². The third-order valence-electron chi connectivity index (χ3n) is 7.64. The van der Waals surface area contributed by atoms with Crippen molar-refractivity contribution in [2.75, 3.05) is 0 Å². The van der Waals surface area contributed by atoms with Gasteiger partial charge in [0.1, 0.15) is 0 Å². The van der Waals surface area contributed by atoms with Crippen LogP contribution in [0, 0.1) is 29.6 Å². The maximum Gasteiger partial charge on any atom is 0.276 e. The number of aryl methyl sites for hydroxylation is 1. The summed E-state index contributed by atoms with van der Waals surface area (Å²) in [5.41, 5.74) is 1.24. The van der Waals surface area contributed by atoms with E-state index in [9.17, 15) is 13.5 Å². The average Bonchev–Trinajstić information content (AvgIpc) is 2.94. The van der Waals surface area contributed by atoms with Crippen molar-refractivity contribution in [2.45, 2.75) is 69.8 Å². The number of rotatable bonds is 5. The fourth-order valence-corrected chi connectivity index (χ4v) is 7.15. The van der Waals surface area contributed by atoms with Crippen molar-refractivity contribution in [3.05, 3.63) is 29.8 Å². The molecule has 0 saturated heterocycles. The van der Waals surface area contributed by atoms with Gasteiger partial charge in [0.15, 0.2) is 0 Å². The zero-order valence-corrected chi connectivity index (χ0v) is 17.0. The van der Waals surface area contributed by atoms with E-state index in [-0.39, 0.29) is 21.8 Å². The van der Waals surface area contributed by atoms with Crippen molar-refractivity contribution in [2.24, 2.45) is 27.8 Å². The van der Waals surface area contributed by atoms with E-state index in [0.29, 0.717) is 11.8 Å². The topological polar surface area (TPSA) is 78.8 Å². The van der Waals surface area contributed by atoms with Crippen LogP contribution in [-0.4, -0.2) is 25.8 Å². The largest absolute Gasteiger partial charge is 0.393 e. The molecule has 6 heteroatoms. The van der Waals surface area contributed by atoms with Gasteiger partial charge in [-0.05, 0) is 74.8 Å². The highest BCUT2D eigenvalue weighted by Gasteiger charge is 2.68. The third-order valence-corrected chi connectivity index (χ3v) is 8.88. The molecule has 0 amide bonds. The Morgan fingerprint density at radius 1 is 1.26 bits per heavy atom. The summed E-state index contributed by atoms with van der Waals surface area (Å²) in [4.78, 5) is 2.64. The van der Waals surface area contributed by atoms with Crippen LogP contribution < -0.4 is 4.83 Å². The van der Waals surface area contributed by atoms with Gasteiger partial charge in [-0.2, -0.15) is 13.5 Å². The number of aliphatic hydroxyl groups is 1. The van der Waals surface area contributed by atoms with Gasteiger partial charge in [0.2, 0.25) is 0 Å². The summed E-state index contributed by atoms with van der Waals surface area (Å²) < 4.78 is 24.9. The lowest BCUT2D eigenvalue weighted by atomic mass is 9.41. The zero-order chi connectivity index (χ0) is 19.3. The summed E-state index contributed by atoms with van der Waals surface area (Å²) >= 11 is 0. The summed E-state index contributed by atoms with van der Waals surface area (Å²) in [6.45, 7) is 4.09. The van der Waals surface area contributed by atoms with Crippen LogP contribution in [0.5, 0.6) is 0 Å². The van der Waals surface area contributed by atoms with Crippen LogP contribution >= 0.6 is 0 Å². The Hall–Kier alpha value is -1.40. The molecule has 4 rings (SSSR count). The molecule has 1 spiro atoms. The van der Waals surface area contributed by atoms with Gasteiger partial charge in [0.25, 0.3) is 10.0 Å². The van der Waals surface area contributed by atoms with E-state index >= 15 is 0 Å². The Labute approximate surface area is 162 Å². The fourth-order valence-electron chi connectivity index (χ4n) is 6.36. The van der Waals surface area contributed by atoms with E-state index in [1.807, 2.05) is 13.1 Å². The van der Waals surface area contributed by atoms with Gasteiger partial charge in [0.05, 0.1) is 11.0 Å². The maximum atomic E-state index is 12.5. The molecule has 0 radical (unpaired) electrons.